The molecule has 2 heterocycles. The molecule has 2 fully saturated rings. The summed E-state index contributed by atoms with van der Waals surface area (Å²) >= 11 is 1.89. The predicted octanol–water partition coefficient (Wildman–Crippen LogP) is 0.889. The normalized spacial score (nSPS) is 36.5. The molecule has 0 spiro atoms. The van der Waals surface area contributed by atoms with E-state index < -0.39 is 0 Å². The minimum atomic E-state index is 0.496. The zero-order valence-corrected chi connectivity index (χ0v) is 7.14. The minimum Gasteiger partial charge on any atom is -0.302 e. The van der Waals surface area contributed by atoms with Gasteiger partial charge in [0, 0.05) is 17.8 Å². The van der Waals surface area contributed by atoms with Crippen molar-refractivity contribution in [3.05, 3.63) is 11.5 Å². The molecular weight excluding hydrogens is 158 g/mol. The van der Waals surface area contributed by atoms with Gasteiger partial charge in [-0.2, -0.15) is 0 Å². The van der Waals surface area contributed by atoms with Crippen molar-refractivity contribution in [2.24, 2.45) is 0 Å². The van der Waals surface area contributed by atoms with Crippen LogP contribution in [0.15, 0.2) is 11.5 Å². The molecule has 11 heavy (non-hydrogen) atoms. The largest absolute Gasteiger partial charge is 0.302 e. The Morgan fingerprint density at radius 1 is 1.82 bits per heavy atom. The van der Waals surface area contributed by atoms with Crippen molar-refractivity contribution in [1.82, 2.24) is 4.90 Å². The van der Waals surface area contributed by atoms with Crippen LogP contribution in [0.25, 0.3) is 0 Å². The Bertz CT molecular complexity index is 204. The van der Waals surface area contributed by atoms with E-state index in [4.69, 9.17) is 0 Å². The summed E-state index contributed by atoms with van der Waals surface area (Å²) < 4.78 is 0. The Labute approximate surface area is 70.6 Å². The van der Waals surface area contributed by atoms with E-state index in [1.807, 2.05) is 11.8 Å². The van der Waals surface area contributed by atoms with Gasteiger partial charge in [0.25, 0.3) is 0 Å². The van der Waals surface area contributed by atoms with Crippen LogP contribution in [0.3, 0.4) is 0 Å². The summed E-state index contributed by atoms with van der Waals surface area (Å²) in [6, 6.07) is 0.496. The molecule has 2 saturated heterocycles. The molecular formula is C8H11NOS. The first-order valence-corrected chi connectivity index (χ1v) is 4.72. The maximum atomic E-state index is 10.3. The third kappa shape index (κ3) is 1.12. The Hall–Kier alpha value is -0.280. The molecule has 0 aromatic rings. The molecule has 2 nitrogen and oxygen atoms in total. The van der Waals surface area contributed by atoms with Crippen molar-refractivity contribution in [2.45, 2.75) is 17.7 Å². The van der Waals surface area contributed by atoms with Crippen molar-refractivity contribution < 1.29 is 4.79 Å². The van der Waals surface area contributed by atoms with Gasteiger partial charge in [-0.15, -0.1) is 11.8 Å². The first-order chi connectivity index (χ1) is 5.31. The molecule has 3 heteroatoms. The highest BCUT2D eigenvalue weighted by atomic mass is 32.2. The van der Waals surface area contributed by atoms with Gasteiger partial charge in [-0.3, -0.25) is 4.90 Å². The fourth-order valence-corrected chi connectivity index (χ4v) is 3.25. The van der Waals surface area contributed by atoms with Crippen molar-refractivity contribution in [1.29, 1.82) is 0 Å². The number of fused-ring (bicyclic) bond motifs is 2. The highest BCUT2D eigenvalue weighted by Crippen LogP contribution is 2.44. The molecule has 0 amide bonds. The van der Waals surface area contributed by atoms with Gasteiger partial charge in [-0.1, -0.05) is 6.58 Å². The first kappa shape index (κ1) is 7.37. The van der Waals surface area contributed by atoms with Gasteiger partial charge in [-0.05, 0) is 11.3 Å². The number of thioether (sulfide) groups is 1. The average Bonchev–Trinajstić information content (AvgIpc) is 2.46. The second kappa shape index (κ2) is 2.64. The third-order valence-electron chi connectivity index (χ3n) is 2.36. The summed E-state index contributed by atoms with van der Waals surface area (Å²) in [5.74, 6) is 0. The van der Waals surface area contributed by atoms with E-state index in [2.05, 4.69) is 11.5 Å². The third-order valence-corrected chi connectivity index (χ3v) is 3.61. The average molecular weight is 169 g/mol. The van der Waals surface area contributed by atoms with Crippen LogP contribution in [0, 0.1) is 0 Å². The topological polar surface area (TPSA) is 20.3 Å². The Balaban J connectivity index is 2.06. The number of hydrogen-bond donors (Lipinski definition) is 0. The summed E-state index contributed by atoms with van der Waals surface area (Å²) in [5.41, 5.74) is 0. The molecule has 2 aliphatic heterocycles. The maximum absolute atomic E-state index is 10.3. The molecule has 2 rings (SSSR count). The molecule has 0 N–H and O–H groups in total. The molecule has 0 aromatic heterocycles. The van der Waals surface area contributed by atoms with Crippen LogP contribution >= 0.6 is 11.8 Å². The van der Waals surface area contributed by atoms with Gasteiger partial charge in [-0.25, -0.2) is 0 Å². The SMILES string of the molecule is C=C1SC2CC1N(CC=O)C2. The minimum absolute atomic E-state index is 0.496. The van der Waals surface area contributed by atoms with E-state index in [-0.39, 0.29) is 0 Å². The van der Waals surface area contributed by atoms with E-state index in [1.165, 1.54) is 11.3 Å². The van der Waals surface area contributed by atoms with Crippen LogP contribution in [0.2, 0.25) is 0 Å². The number of carbonyl (C=O) groups is 1. The van der Waals surface area contributed by atoms with E-state index >= 15 is 0 Å². The quantitative estimate of drug-likeness (QED) is 0.573. The molecule has 0 radical (unpaired) electrons. The fraction of sp³-hybridized carbons (Fsp3) is 0.625. The van der Waals surface area contributed by atoms with Gasteiger partial charge < -0.3 is 4.79 Å². The number of carbonyl (C=O) groups excluding carboxylic acids is 1. The van der Waals surface area contributed by atoms with Gasteiger partial charge in [0.15, 0.2) is 0 Å². The molecule has 60 valence electrons. The number of hydrogen-bond acceptors (Lipinski definition) is 3. The van der Waals surface area contributed by atoms with Crippen LogP contribution in [0.5, 0.6) is 0 Å². The van der Waals surface area contributed by atoms with Crippen molar-refractivity contribution >= 4 is 18.0 Å². The van der Waals surface area contributed by atoms with Crippen LogP contribution in [-0.4, -0.2) is 35.6 Å². The van der Waals surface area contributed by atoms with Gasteiger partial charge in [0.05, 0.1) is 6.54 Å². The summed E-state index contributed by atoms with van der Waals surface area (Å²) in [6.45, 7) is 5.64. The van der Waals surface area contributed by atoms with Crippen LogP contribution < -0.4 is 0 Å². The second-order valence-electron chi connectivity index (χ2n) is 3.08. The molecule has 0 aromatic carbocycles. The molecule has 2 bridgehead atoms. The number of rotatable bonds is 2. The molecule has 0 aliphatic carbocycles. The standard InChI is InChI=1S/C8H11NOS/c1-6-8-4-7(11-6)5-9(8)2-3-10/h3,7-8H,1-2,4-5H2. The van der Waals surface area contributed by atoms with Gasteiger partial charge in [0.1, 0.15) is 6.29 Å². The van der Waals surface area contributed by atoms with E-state index in [0.29, 0.717) is 17.8 Å². The molecule has 2 aliphatic rings. The van der Waals surface area contributed by atoms with Gasteiger partial charge >= 0.3 is 0 Å². The van der Waals surface area contributed by atoms with Crippen molar-refractivity contribution in [3.63, 3.8) is 0 Å². The van der Waals surface area contributed by atoms with Crippen LogP contribution in [0.1, 0.15) is 6.42 Å². The number of likely N-dealkylation sites (tertiary alicyclic amines) is 1. The zero-order valence-electron chi connectivity index (χ0n) is 6.32. The second-order valence-corrected chi connectivity index (χ2v) is 4.50. The zero-order chi connectivity index (χ0) is 7.84. The highest BCUT2D eigenvalue weighted by Gasteiger charge is 2.40. The summed E-state index contributed by atoms with van der Waals surface area (Å²) in [7, 11) is 0. The van der Waals surface area contributed by atoms with Gasteiger partial charge in [0.2, 0.25) is 0 Å². The Morgan fingerprint density at radius 3 is 3.18 bits per heavy atom. The van der Waals surface area contributed by atoms with Crippen LogP contribution in [-0.2, 0) is 4.79 Å². The summed E-state index contributed by atoms with van der Waals surface area (Å²) in [4.78, 5) is 13.7. The lowest BCUT2D eigenvalue weighted by atomic mass is 10.2. The summed E-state index contributed by atoms with van der Waals surface area (Å²) in [6.07, 6.45) is 2.19. The highest BCUT2D eigenvalue weighted by molar-refractivity contribution is 8.04. The predicted molar refractivity (Wildman–Crippen MR) is 46.6 cm³/mol. The number of nitrogens with zero attached hydrogens (tertiary/aromatic N) is 1. The van der Waals surface area contributed by atoms with Crippen LogP contribution in [0.4, 0.5) is 0 Å². The van der Waals surface area contributed by atoms with E-state index in [1.54, 1.807) is 0 Å². The fourth-order valence-electron chi connectivity index (χ4n) is 1.87. The van der Waals surface area contributed by atoms with E-state index in [9.17, 15) is 4.79 Å². The Morgan fingerprint density at radius 2 is 2.64 bits per heavy atom. The lowest BCUT2D eigenvalue weighted by Gasteiger charge is -2.25. The maximum Gasteiger partial charge on any atom is 0.134 e. The summed E-state index contributed by atoms with van der Waals surface area (Å²) in [5, 5.41) is 0.715. The Kier molecular flexibility index (Phi) is 1.77. The lowest BCUT2D eigenvalue weighted by molar-refractivity contribution is -0.108. The number of aldehydes is 1. The van der Waals surface area contributed by atoms with Crippen molar-refractivity contribution in [2.75, 3.05) is 13.1 Å². The monoisotopic (exact) mass is 169 g/mol. The van der Waals surface area contributed by atoms with Crippen molar-refractivity contribution in [3.8, 4) is 0 Å². The molecule has 2 atom stereocenters. The molecule has 2 unspecified atom stereocenters. The molecule has 0 saturated carbocycles. The first-order valence-electron chi connectivity index (χ1n) is 3.84. The lowest BCUT2D eigenvalue weighted by Crippen LogP contribution is -2.33. The van der Waals surface area contributed by atoms with E-state index in [0.717, 1.165) is 12.8 Å². The smallest absolute Gasteiger partial charge is 0.134 e.